The maximum absolute atomic E-state index is 12.3. The molecule has 1 saturated heterocycles. The van der Waals surface area contributed by atoms with Gasteiger partial charge in [-0.3, -0.25) is 4.79 Å². The van der Waals surface area contributed by atoms with Crippen molar-refractivity contribution in [2.75, 3.05) is 6.54 Å². The van der Waals surface area contributed by atoms with Gasteiger partial charge in [-0.1, -0.05) is 0 Å². The Morgan fingerprint density at radius 2 is 2.29 bits per heavy atom. The first-order chi connectivity index (χ1) is 8.09. The molecule has 2 atom stereocenters. The predicted octanol–water partition coefficient (Wildman–Crippen LogP) is 1.93. The Hall–Kier alpha value is -1.29. The smallest absolute Gasteiger partial charge is 0.289 e. The number of piperidine rings is 1. The molecule has 0 aliphatic carbocycles. The largest absolute Gasteiger partial charge is 0.456 e. The quantitative estimate of drug-likeness (QED) is 0.853. The third-order valence-electron chi connectivity index (χ3n) is 3.37. The summed E-state index contributed by atoms with van der Waals surface area (Å²) in [6.07, 6.45) is 3.19. The van der Waals surface area contributed by atoms with Crippen LogP contribution in [0, 0.1) is 6.92 Å². The maximum atomic E-state index is 12.3. The fourth-order valence-corrected chi connectivity index (χ4v) is 2.45. The summed E-state index contributed by atoms with van der Waals surface area (Å²) < 4.78 is 5.39. The van der Waals surface area contributed by atoms with Crippen LogP contribution in [0.2, 0.25) is 0 Å². The van der Waals surface area contributed by atoms with Gasteiger partial charge in [0, 0.05) is 18.6 Å². The highest BCUT2D eigenvalue weighted by atomic mass is 16.3. The van der Waals surface area contributed by atoms with Crippen LogP contribution >= 0.6 is 0 Å². The lowest BCUT2D eigenvalue weighted by Crippen LogP contribution is -2.51. The van der Waals surface area contributed by atoms with Crippen LogP contribution in [-0.2, 0) is 0 Å². The van der Waals surface area contributed by atoms with Crippen molar-refractivity contribution in [3.05, 3.63) is 23.7 Å². The van der Waals surface area contributed by atoms with Gasteiger partial charge in [0.25, 0.3) is 5.91 Å². The van der Waals surface area contributed by atoms with Crippen LogP contribution in [0.5, 0.6) is 0 Å². The molecule has 0 bridgehead atoms. The summed E-state index contributed by atoms with van der Waals surface area (Å²) in [4.78, 5) is 14.2. The molecular weight excluding hydrogens is 216 g/mol. The van der Waals surface area contributed by atoms with E-state index in [0.717, 1.165) is 31.6 Å². The molecule has 0 spiro atoms. The minimum atomic E-state index is -0.0277. The van der Waals surface area contributed by atoms with Crippen molar-refractivity contribution in [3.63, 3.8) is 0 Å². The van der Waals surface area contributed by atoms with Gasteiger partial charge in [0.05, 0.1) is 0 Å². The Morgan fingerprint density at radius 3 is 2.88 bits per heavy atom. The molecule has 94 valence electrons. The number of nitrogens with zero attached hydrogens (tertiary/aromatic N) is 1. The Labute approximate surface area is 102 Å². The van der Waals surface area contributed by atoms with Gasteiger partial charge in [-0.25, -0.2) is 0 Å². The van der Waals surface area contributed by atoms with Gasteiger partial charge in [-0.2, -0.15) is 0 Å². The first-order valence-electron chi connectivity index (χ1n) is 6.22. The molecule has 0 radical (unpaired) electrons. The molecule has 0 unspecified atom stereocenters. The lowest BCUT2D eigenvalue weighted by atomic mass is 9.96. The zero-order valence-electron chi connectivity index (χ0n) is 10.5. The highest BCUT2D eigenvalue weighted by molar-refractivity contribution is 5.91. The Kier molecular flexibility index (Phi) is 3.52. The minimum Gasteiger partial charge on any atom is -0.456 e. The second-order valence-corrected chi connectivity index (χ2v) is 4.83. The van der Waals surface area contributed by atoms with Gasteiger partial charge in [0.15, 0.2) is 5.76 Å². The van der Waals surface area contributed by atoms with E-state index in [9.17, 15) is 4.79 Å². The van der Waals surface area contributed by atoms with Crippen LogP contribution in [0.3, 0.4) is 0 Å². The molecule has 1 aromatic rings. The van der Waals surface area contributed by atoms with Crippen LogP contribution in [0.1, 0.15) is 42.5 Å². The van der Waals surface area contributed by atoms with Gasteiger partial charge in [-0.15, -0.1) is 0 Å². The van der Waals surface area contributed by atoms with Crippen LogP contribution in [0.25, 0.3) is 0 Å². The summed E-state index contributed by atoms with van der Waals surface area (Å²) in [7, 11) is 0. The number of amides is 1. The van der Waals surface area contributed by atoms with E-state index in [2.05, 4.69) is 0 Å². The van der Waals surface area contributed by atoms with Crippen molar-refractivity contribution in [3.8, 4) is 0 Å². The van der Waals surface area contributed by atoms with E-state index in [1.54, 1.807) is 6.07 Å². The molecule has 17 heavy (non-hydrogen) atoms. The van der Waals surface area contributed by atoms with E-state index in [0.29, 0.717) is 5.76 Å². The normalized spacial score (nSPS) is 22.5. The fourth-order valence-electron chi connectivity index (χ4n) is 2.45. The monoisotopic (exact) mass is 236 g/mol. The van der Waals surface area contributed by atoms with Crippen molar-refractivity contribution in [2.45, 2.75) is 45.2 Å². The Balaban J connectivity index is 2.16. The second-order valence-electron chi connectivity index (χ2n) is 4.83. The van der Waals surface area contributed by atoms with E-state index in [-0.39, 0.29) is 18.0 Å². The van der Waals surface area contributed by atoms with E-state index in [1.807, 2.05) is 24.8 Å². The van der Waals surface area contributed by atoms with Crippen molar-refractivity contribution in [1.29, 1.82) is 0 Å². The van der Waals surface area contributed by atoms with E-state index >= 15 is 0 Å². The third kappa shape index (κ3) is 2.52. The highest BCUT2D eigenvalue weighted by Gasteiger charge is 2.31. The van der Waals surface area contributed by atoms with Crippen LogP contribution < -0.4 is 5.73 Å². The summed E-state index contributed by atoms with van der Waals surface area (Å²) in [5, 5.41) is 0. The zero-order chi connectivity index (χ0) is 12.4. The Bertz CT molecular complexity index is 398. The first-order valence-corrected chi connectivity index (χ1v) is 6.22. The number of nitrogens with two attached hydrogens (primary N) is 1. The van der Waals surface area contributed by atoms with Crippen molar-refractivity contribution in [2.24, 2.45) is 5.73 Å². The maximum Gasteiger partial charge on any atom is 0.289 e. The van der Waals surface area contributed by atoms with Gasteiger partial charge in [0.2, 0.25) is 0 Å². The average Bonchev–Trinajstić information content (AvgIpc) is 2.75. The van der Waals surface area contributed by atoms with E-state index in [1.165, 1.54) is 0 Å². The summed E-state index contributed by atoms with van der Waals surface area (Å²) in [6, 6.07) is 3.71. The molecule has 2 rings (SSSR count). The first kappa shape index (κ1) is 12.2. The fraction of sp³-hybridized carbons (Fsp3) is 0.615. The molecule has 0 aromatic carbocycles. The summed E-state index contributed by atoms with van der Waals surface area (Å²) >= 11 is 0. The lowest BCUT2D eigenvalue weighted by molar-refractivity contribution is 0.0550. The van der Waals surface area contributed by atoms with Gasteiger partial charge < -0.3 is 15.1 Å². The van der Waals surface area contributed by atoms with Gasteiger partial charge in [0.1, 0.15) is 5.76 Å². The molecule has 0 saturated carbocycles. The van der Waals surface area contributed by atoms with Crippen LogP contribution in [0.15, 0.2) is 16.5 Å². The summed E-state index contributed by atoms with van der Waals surface area (Å²) in [5.74, 6) is 1.16. The third-order valence-corrected chi connectivity index (χ3v) is 3.37. The van der Waals surface area contributed by atoms with E-state index < -0.39 is 0 Å². The molecule has 2 N–H and O–H groups in total. The lowest BCUT2D eigenvalue weighted by Gasteiger charge is -2.37. The number of likely N-dealkylation sites (tertiary alicyclic amines) is 1. The number of hydrogen-bond donors (Lipinski definition) is 1. The summed E-state index contributed by atoms with van der Waals surface area (Å²) in [6.45, 7) is 4.59. The molecule has 1 aliphatic heterocycles. The number of carbonyl (C=O) groups is 1. The number of furan rings is 1. The molecule has 4 heteroatoms. The number of rotatable bonds is 2. The van der Waals surface area contributed by atoms with Crippen molar-refractivity contribution >= 4 is 5.91 Å². The molecule has 1 fully saturated rings. The van der Waals surface area contributed by atoms with Crippen molar-refractivity contribution < 1.29 is 9.21 Å². The molecule has 2 heterocycles. The molecule has 4 nitrogen and oxygen atoms in total. The second kappa shape index (κ2) is 4.92. The van der Waals surface area contributed by atoms with Gasteiger partial charge >= 0.3 is 0 Å². The van der Waals surface area contributed by atoms with E-state index in [4.69, 9.17) is 10.2 Å². The molecular formula is C13H20N2O2. The number of carbonyl (C=O) groups excluding carboxylic acids is 1. The minimum absolute atomic E-state index is 0.00955. The number of hydrogen-bond acceptors (Lipinski definition) is 3. The molecule has 1 aliphatic rings. The topological polar surface area (TPSA) is 59.5 Å². The average molecular weight is 236 g/mol. The number of aryl methyl sites for hydroxylation is 1. The molecule has 1 aromatic heterocycles. The highest BCUT2D eigenvalue weighted by Crippen LogP contribution is 2.22. The Morgan fingerprint density at radius 1 is 1.53 bits per heavy atom. The van der Waals surface area contributed by atoms with Gasteiger partial charge in [-0.05, 0) is 45.2 Å². The predicted molar refractivity (Wildman–Crippen MR) is 65.8 cm³/mol. The van der Waals surface area contributed by atoms with Crippen LogP contribution in [0.4, 0.5) is 0 Å². The SMILES string of the molecule is Cc1ccc(C(=O)N2CCCC[C@H]2[C@H](C)N)o1. The van der Waals surface area contributed by atoms with Crippen molar-refractivity contribution in [1.82, 2.24) is 4.90 Å². The van der Waals surface area contributed by atoms with Crippen LogP contribution in [-0.4, -0.2) is 29.4 Å². The summed E-state index contributed by atoms with van der Waals surface area (Å²) in [5.41, 5.74) is 5.95. The standard InChI is InChI=1S/C13H20N2O2/c1-9-6-7-12(17-9)13(16)15-8-4-3-5-11(15)10(2)14/h6-7,10-11H,3-5,8,14H2,1-2H3/t10-,11-/m0/s1. The zero-order valence-corrected chi connectivity index (χ0v) is 10.5. The molecule has 1 amide bonds.